The van der Waals surface area contributed by atoms with E-state index in [9.17, 15) is 9.50 Å². The van der Waals surface area contributed by atoms with Crippen molar-refractivity contribution in [2.45, 2.75) is 18.9 Å². The van der Waals surface area contributed by atoms with E-state index in [1.54, 1.807) is 19.1 Å². The average Bonchev–Trinajstić information content (AvgIpc) is 2.32. The van der Waals surface area contributed by atoms with Gasteiger partial charge in [0.25, 0.3) is 0 Å². The van der Waals surface area contributed by atoms with Crippen molar-refractivity contribution in [3.63, 3.8) is 0 Å². The standard InChI is InChI=1S/C15H14BrFO/c1-15(18,12-4-8-14(17)9-5-12)10-11-2-6-13(16)7-3-11/h2-9,18H,10H2,1H3. The van der Waals surface area contributed by atoms with Crippen LogP contribution in [0.3, 0.4) is 0 Å². The third kappa shape index (κ3) is 3.18. The molecule has 1 unspecified atom stereocenters. The molecule has 0 amide bonds. The summed E-state index contributed by atoms with van der Waals surface area (Å²) in [4.78, 5) is 0. The lowest BCUT2D eigenvalue weighted by atomic mass is 9.89. The van der Waals surface area contributed by atoms with Gasteiger partial charge in [0.1, 0.15) is 5.82 Å². The van der Waals surface area contributed by atoms with Crippen LogP contribution in [0.1, 0.15) is 18.1 Å². The maximum atomic E-state index is 12.9. The molecule has 1 N–H and O–H groups in total. The Morgan fingerprint density at radius 2 is 1.61 bits per heavy atom. The first-order chi connectivity index (χ1) is 8.47. The molecule has 0 heterocycles. The van der Waals surface area contributed by atoms with Gasteiger partial charge in [-0.1, -0.05) is 40.2 Å². The second-order valence-corrected chi connectivity index (χ2v) is 5.50. The molecule has 0 spiro atoms. The van der Waals surface area contributed by atoms with Crippen LogP contribution in [0.5, 0.6) is 0 Å². The highest BCUT2D eigenvalue weighted by Crippen LogP contribution is 2.26. The van der Waals surface area contributed by atoms with Crippen LogP contribution in [0, 0.1) is 5.82 Å². The summed E-state index contributed by atoms with van der Waals surface area (Å²) in [6.45, 7) is 1.74. The van der Waals surface area contributed by atoms with Gasteiger partial charge in [-0.3, -0.25) is 0 Å². The zero-order chi connectivity index (χ0) is 13.2. The van der Waals surface area contributed by atoms with Gasteiger partial charge in [-0.05, 0) is 42.3 Å². The second-order valence-electron chi connectivity index (χ2n) is 4.58. The summed E-state index contributed by atoms with van der Waals surface area (Å²) in [5.74, 6) is -0.293. The number of hydrogen-bond acceptors (Lipinski definition) is 1. The summed E-state index contributed by atoms with van der Waals surface area (Å²) < 4.78 is 13.9. The molecule has 1 nitrogen and oxygen atoms in total. The molecule has 0 fully saturated rings. The van der Waals surface area contributed by atoms with Gasteiger partial charge in [0, 0.05) is 10.9 Å². The fraction of sp³-hybridized carbons (Fsp3) is 0.200. The van der Waals surface area contributed by atoms with Gasteiger partial charge in [-0.25, -0.2) is 4.39 Å². The van der Waals surface area contributed by atoms with Crippen molar-refractivity contribution in [1.29, 1.82) is 0 Å². The lowest BCUT2D eigenvalue weighted by Gasteiger charge is -2.24. The number of benzene rings is 2. The van der Waals surface area contributed by atoms with Crippen LogP contribution in [0.15, 0.2) is 53.0 Å². The smallest absolute Gasteiger partial charge is 0.123 e. The first-order valence-electron chi connectivity index (χ1n) is 5.70. The van der Waals surface area contributed by atoms with Crippen molar-refractivity contribution in [2.24, 2.45) is 0 Å². The third-order valence-corrected chi connectivity index (χ3v) is 3.46. The number of hydrogen-bond donors (Lipinski definition) is 1. The maximum absolute atomic E-state index is 12.9. The molecular formula is C15H14BrFO. The van der Waals surface area contributed by atoms with Gasteiger partial charge < -0.3 is 5.11 Å². The fourth-order valence-electron chi connectivity index (χ4n) is 1.91. The van der Waals surface area contributed by atoms with E-state index < -0.39 is 5.60 Å². The summed E-state index contributed by atoms with van der Waals surface area (Å²) in [6.07, 6.45) is 0.492. The van der Waals surface area contributed by atoms with Gasteiger partial charge in [0.05, 0.1) is 5.60 Å². The van der Waals surface area contributed by atoms with Crippen molar-refractivity contribution < 1.29 is 9.50 Å². The average molecular weight is 309 g/mol. The van der Waals surface area contributed by atoms with Crippen LogP contribution >= 0.6 is 15.9 Å². The molecule has 3 heteroatoms. The summed E-state index contributed by atoms with van der Waals surface area (Å²) in [7, 11) is 0. The Labute approximate surface area is 114 Å². The molecule has 0 aliphatic heterocycles. The minimum atomic E-state index is -0.998. The quantitative estimate of drug-likeness (QED) is 0.907. The van der Waals surface area contributed by atoms with E-state index in [4.69, 9.17) is 0 Å². The summed E-state index contributed by atoms with van der Waals surface area (Å²) in [6, 6.07) is 13.8. The SMILES string of the molecule is CC(O)(Cc1ccc(Br)cc1)c1ccc(F)cc1. The van der Waals surface area contributed by atoms with Crippen LogP contribution < -0.4 is 0 Å². The molecular weight excluding hydrogens is 295 g/mol. The Kier molecular flexibility index (Phi) is 3.83. The van der Waals surface area contributed by atoms with Crippen molar-refractivity contribution in [3.8, 4) is 0 Å². The summed E-state index contributed by atoms with van der Waals surface area (Å²) >= 11 is 3.37. The zero-order valence-corrected chi connectivity index (χ0v) is 11.6. The molecule has 0 saturated carbocycles. The number of halogens is 2. The Hall–Kier alpha value is -1.19. The van der Waals surface area contributed by atoms with E-state index in [2.05, 4.69) is 15.9 Å². The van der Waals surface area contributed by atoms with E-state index in [1.807, 2.05) is 24.3 Å². The van der Waals surface area contributed by atoms with E-state index in [-0.39, 0.29) is 5.82 Å². The van der Waals surface area contributed by atoms with E-state index >= 15 is 0 Å². The van der Waals surface area contributed by atoms with Crippen LogP contribution in [0.4, 0.5) is 4.39 Å². The lowest BCUT2D eigenvalue weighted by molar-refractivity contribution is 0.0575. The molecule has 0 aliphatic rings. The zero-order valence-electron chi connectivity index (χ0n) is 10.0. The van der Waals surface area contributed by atoms with E-state index in [0.717, 1.165) is 10.0 Å². The van der Waals surface area contributed by atoms with Crippen LogP contribution in [0.25, 0.3) is 0 Å². The van der Waals surface area contributed by atoms with Crippen molar-refractivity contribution in [2.75, 3.05) is 0 Å². The predicted octanol–water partition coefficient (Wildman–Crippen LogP) is 4.04. The first-order valence-corrected chi connectivity index (χ1v) is 6.49. The Morgan fingerprint density at radius 3 is 2.17 bits per heavy atom. The first kappa shape index (κ1) is 13.2. The van der Waals surface area contributed by atoms with Crippen LogP contribution in [0.2, 0.25) is 0 Å². The summed E-state index contributed by atoms with van der Waals surface area (Å²) in [5, 5.41) is 10.5. The van der Waals surface area contributed by atoms with Crippen LogP contribution in [-0.4, -0.2) is 5.11 Å². The highest BCUT2D eigenvalue weighted by Gasteiger charge is 2.23. The second kappa shape index (κ2) is 5.21. The highest BCUT2D eigenvalue weighted by atomic mass is 79.9. The van der Waals surface area contributed by atoms with Crippen molar-refractivity contribution in [1.82, 2.24) is 0 Å². The van der Waals surface area contributed by atoms with Gasteiger partial charge in [0.15, 0.2) is 0 Å². The van der Waals surface area contributed by atoms with Gasteiger partial charge in [-0.2, -0.15) is 0 Å². The molecule has 0 aliphatic carbocycles. The third-order valence-electron chi connectivity index (χ3n) is 2.93. The molecule has 0 bridgehead atoms. The number of rotatable bonds is 3. The molecule has 0 aromatic heterocycles. The molecule has 0 saturated heterocycles. The lowest BCUT2D eigenvalue weighted by Crippen LogP contribution is -2.24. The molecule has 2 rings (SSSR count). The van der Waals surface area contributed by atoms with Crippen molar-refractivity contribution >= 4 is 15.9 Å². The Bertz CT molecular complexity index is 517. The molecule has 0 radical (unpaired) electrons. The molecule has 1 atom stereocenters. The predicted molar refractivity (Wildman–Crippen MR) is 73.8 cm³/mol. The molecule has 2 aromatic carbocycles. The fourth-order valence-corrected chi connectivity index (χ4v) is 2.18. The topological polar surface area (TPSA) is 20.2 Å². The molecule has 94 valence electrons. The van der Waals surface area contributed by atoms with Crippen LogP contribution in [-0.2, 0) is 12.0 Å². The maximum Gasteiger partial charge on any atom is 0.123 e. The molecule has 18 heavy (non-hydrogen) atoms. The Morgan fingerprint density at radius 1 is 1.06 bits per heavy atom. The van der Waals surface area contributed by atoms with Gasteiger partial charge in [0.2, 0.25) is 0 Å². The van der Waals surface area contributed by atoms with Gasteiger partial charge >= 0.3 is 0 Å². The van der Waals surface area contributed by atoms with E-state index in [0.29, 0.717) is 12.0 Å². The molecule has 2 aromatic rings. The monoisotopic (exact) mass is 308 g/mol. The summed E-state index contributed by atoms with van der Waals surface area (Å²) in [5.41, 5.74) is 0.751. The normalized spacial score (nSPS) is 14.2. The van der Waals surface area contributed by atoms with Crippen molar-refractivity contribution in [3.05, 3.63) is 69.9 Å². The largest absolute Gasteiger partial charge is 0.385 e. The van der Waals surface area contributed by atoms with E-state index in [1.165, 1.54) is 12.1 Å². The highest BCUT2D eigenvalue weighted by molar-refractivity contribution is 9.10. The number of aliphatic hydroxyl groups is 1. The van der Waals surface area contributed by atoms with Gasteiger partial charge in [-0.15, -0.1) is 0 Å². The minimum Gasteiger partial charge on any atom is -0.385 e. The minimum absolute atomic E-state index is 0.293. The Balaban J connectivity index is 2.20.